The van der Waals surface area contributed by atoms with Crippen LogP contribution in [0.2, 0.25) is 0 Å². The van der Waals surface area contributed by atoms with Crippen molar-refractivity contribution in [1.29, 1.82) is 0 Å². The molecule has 2 nitrogen and oxygen atoms in total. The molecule has 1 amide bonds. The zero-order valence-corrected chi connectivity index (χ0v) is 11.2. The summed E-state index contributed by atoms with van der Waals surface area (Å²) < 4.78 is 0. The lowest BCUT2D eigenvalue weighted by atomic mass is 9.88. The Hall–Kier alpha value is -0.530. The van der Waals surface area contributed by atoms with Gasteiger partial charge in [0.25, 0.3) is 0 Å². The minimum absolute atomic E-state index is 0.354. The van der Waals surface area contributed by atoms with Crippen LogP contribution >= 0.6 is 0 Å². The Morgan fingerprint density at radius 3 is 2.59 bits per heavy atom. The van der Waals surface area contributed by atoms with Gasteiger partial charge in [0.15, 0.2) is 0 Å². The van der Waals surface area contributed by atoms with Crippen LogP contribution in [0.25, 0.3) is 0 Å². The first-order valence-corrected chi connectivity index (χ1v) is 7.59. The lowest BCUT2D eigenvalue weighted by Crippen LogP contribution is -2.34. The lowest BCUT2D eigenvalue weighted by Gasteiger charge is -2.20. The maximum absolute atomic E-state index is 12.0. The standard InChI is InChI=1S/C15H27NO/c1-2-3-4-5-6-9-16-15(17)14-11-12-7-8-13(14)10-12/h12-14H,2-11H2,1H3,(H,16,17)/t12-,13-,14-/m1/s1. The van der Waals surface area contributed by atoms with Crippen molar-refractivity contribution in [3.63, 3.8) is 0 Å². The van der Waals surface area contributed by atoms with Crippen molar-refractivity contribution in [3.8, 4) is 0 Å². The summed E-state index contributed by atoms with van der Waals surface area (Å²) in [4.78, 5) is 12.0. The van der Waals surface area contributed by atoms with Crippen molar-refractivity contribution in [2.24, 2.45) is 17.8 Å². The molecule has 2 rings (SSSR count). The molecule has 0 aromatic heterocycles. The van der Waals surface area contributed by atoms with E-state index >= 15 is 0 Å². The van der Waals surface area contributed by atoms with Gasteiger partial charge in [-0.1, -0.05) is 39.0 Å². The fourth-order valence-electron chi connectivity index (χ4n) is 3.64. The summed E-state index contributed by atoms with van der Waals surface area (Å²) in [6, 6.07) is 0. The molecule has 17 heavy (non-hydrogen) atoms. The van der Waals surface area contributed by atoms with Gasteiger partial charge < -0.3 is 5.32 Å². The molecule has 2 fully saturated rings. The highest BCUT2D eigenvalue weighted by atomic mass is 16.1. The zero-order chi connectivity index (χ0) is 12.1. The summed E-state index contributed by atoms with van der Waals surface area (Å²) in [5, 5.41) is 3.15. The van der Waals surface area contributed by atoms with E-state index in [2.05, 4.69) is 12.2 Å². The summed E-state index contributed by atoms with van der Waals surface area (Å²) >= 11 is 0. The van der Waals surface area contributed by atoms with E-state index in [1.807, 2.05) is 0 Å². The normalized spacial score (nSPS) is 30.8. The Kier molecular flexibility index (Phi) is 4.87. The first kappa shape index (κ1) is 12.9. The van der Waals surface area contributed by atoms with E-state index in [0.29, 0.717) is 11.8 Å². The van der Waals surface area contributed by atoms with Gasteiger partial charge in [-0.15, -0.1) is 0 Å². The maximum Gasteiger partial charge on any atom is 0.223 e. The predicted octanol–water partition coefficient (Wildman–Crippen LogP) is 3.51. The van der Waals surface area contributed by atoms with Crippen LogP contribution in [-0.2, 0) is 4.79 Å². The number of nitrogens with one attached hydrogen (secondary N) is 1. The second-order valence-corrected chi connectivity index (χ2v) is 5.99. The minimum atomic E-state index is 0.354. The smallest absolute Gasteiger partial charge is 0.223 e. The van der Waals surface area contributed by atoms with Crippen molar-refractivity contribution < 1.29 is 4.79 Å². The van der Waals surface area contributed by atoms with E-state index in [0.717, 1.165) is 24.8 Å². The van der Waals surface area contributed by atoms with Gasteiger partial charge in [0, 0.05) is 12.5 Å². The van der Waals surface area contributed by atoms with E-state index in [-0.39, 0.29) is 0 Å². The van der Waals surface area contributed by atoms with Gasteiger partial charge >= 0.3 is 0 Å². The van der Waals surface area contributed by atoms with Crippen LogP contribution < -0.4 is 5.32 Å². The van der Waals surface area contributed by atoms with Crippen LogP contribution in [0.3, 0.4) is 0 Å². The van der Waals surface area contributed by atoms with Gasteiger partial charge in [0.1, 0.15) is 0 Å². The van der Waals surface area contributed by atoms with Crippen molar-refractivity contribution >= 4 is 5.91 Å². The second-order valence-electron chi connectivity index (χ2n) is 5.99. The van der Waals surface area contributed by atoms with E-state index in [1.165, 1.54) is 51.4 Å². The highest BCUT2D eigenvalue weighted by molar-refractivity contribution is 5.79. The van der Waals surface area contributed by atoms with Gasteiger partial charge in [-0.2, -0.15) is 0 Å². The third-order valence-corrected chi connectivity index (χ3v) is 4.65. The Labute approximate surface area is 106 Å². The average molecular weight is 237 g/mol. The van der Waals surface area contributed by atoms with Crippen LogP contribution in [0.1, 0.15) is 64.7 Å². The first-order valence-electron chi connectivity index (χ1n) is 7.59. The fourth-order valence-corrected chi connectivity index (χ4v) is 3.64. The number of rotatable bonds is 7. The molecule has 1 N–H and O–H groups in total. The molecule has 0 unspecified atom stereocenters. The number of carbonyl (C=O) groups is 1. The maximum atomic E-state index is 12.0. The van der Waals surface area contributed by atoms with Crippen molar-refractivity contribution in [3.05, 3.63) is 0 Å². The third-order valence-electron chi connectivity index (χ3n) is 4.65. The topological polar surface area (TPSA) is 29.1 Å². The third kappa shape index (κ3) is 3.46. The van der Waals surface area contributed by atoms with Gasteiger partial charge in [-0.25, -0.2) is 0 Å². The number of hydrogen-bond acceptors (Lipinski definition) is 1. The van der Waals surface area contributed by atoms with Gasteiger partial charge in [0.2, 0.25) is 5.91 Å². The molecular weight excluding hydrogens is 210 g/mol. The molecule has 2 aliphatic rings. The molecule has 98 valence electrons. The Morgan fingerprint density at radius 2 is 1.94 bits per heavy atom. The van der Waals surface area contributed by atoms with Gasteiger partial charge in [-0.3, -0.25) is 4.79 Å². The summed E-state index contributed by atoms with van der Waals surface area (Å²) in [6.07, 6.45) is 11.6. The molecule has 3 atom stereocenters. The van der Waals surface area contributed by atoms with E-state index in [9.17, 15) is 4.79 Å². The molecule has 0 aliphatic heterocycles. The summed E-state index contributed by atoms with van der Waals surface area (Å²) in [5.74, 6) is 2.32. The number of fused-ring (bicyclic) bond motifs is 2. The molecule has 0 saturated heterocycles. The highest BCUT2D eigenvalue weighted by Gasteiger charge is 2.42. The van der Waals surface area contributed by atoms with Crippen molar-refractivity contribution in [1.82, 2.24) is 5.32 Å². The number of hydrogen-bond donors (Lipinski definition) is 1. The first-order chi connectivity index (χ1) is 8.31. The number of carbonyl (C=O) groups excluding carboxylic acids is 1. The van der Waals surface area contributed by atoms with Crippen molar-refractivity contribution in [2.45, 2.75) is 64.7 Å². The molecule has 2 bridgehead atoms. The Balaban J connectivity index is 1.55. The molecule has 0 spiro atoms. The number of unbranched alkanes of at least 4 members (excludes halogenated alkanes) is 4. The molecule has 0 heterocycles. The molecule has 2 aliphatic carbocycles. The molecular formula is C15H27NO. The molecule has 2 saturated carbocycles. The van der Waals surface area contributed by atoms with E-state index in [4.69, 9.17) is 0 Å². The summed E-state index contributed by atoms with van der Waals surface area (Å²) in [7, 11) is 0. The van der Waals surface area contributed by atoms with E-state index in [1.54, 1.807) is 0 Å². The minimum Gasteiger partial charge on any atom is -0.356 e. The fraction of sp³-hybridized carbons (Fsp3) is 0.933. The summed E-state index contributed by atoms with van der Waals surface area (Å²) in [5.41, 5.74) is 0. The monoisotopic (exact) mass is 237 g/mol. The quantitative estimate of drug-likeness (QED) is 0.675. The molecule has 0 radical (unpaired) electrons. The summed E-state index contributed by atoms with van der Waals surface area (Å²) in [6.45, 7) is 3.13. The SMILES string of the molecule is CCCCCCCNC(=O)[C@@H]1C[C@@H]2CC[C@@H]1C2. The highest BCUT2D eigenvalue weighted by Crippen LogP contribution is 2.48. The molecule has 2 heteroatoms. The van der Waals surface area contributed by atoms with Gasteiger partial charge in [0.05, 0.1) is 0 Å². The molecule has 0 aromatic carbocycles. The predicted molar refractivity (Wildman–Crippen MR) is 70.7 cm³/mol. The van der Waals surface area contributed by atoms with Gasteiger partial charge in [-0.05, 0) is 37.5 Å². The van der Waals surface area contributed by atoms with Crippen LogP contribution in [0.5, 0.6) is 0 Å². The van der Waals surface area contributed by atoms with Crippen LogP contribution in [0, 0.1) is 17.8 Å². The van der Waals surface area contributed by atoms with E-state index < -0.39 is 0 Å². The van der Waals surface area contributed by atoms with Crippen LogP contribution in [0.15, 0.2) is 0 Å². The Bertz CT molecular complexity index is 251. The van der Waals surface area contributed by atoms with Crippen LogP contribution in [-0.4, -0.2) is 12.5 Å². The second kappa shape index (κ2) is 6.42. The lowest BCUT2D eigenvalue weighted by molar-refractivity contribution is -0.126. The largest absolute Gasteiger partial charge is 0.356 e. The average Bonchev–Trinajstić information content (AvgIpc) is 2.95. The molecule has 0 aromatic rings. The van der Waals surface area contributed by atoms with Crippen LogP contribution in [0.4, 0.5) is 0 Å². The zero-order valence-electron chi connectivity index (χ0n) is 11.2. The Morgan fingerprint density at radius 1 is 1.12 bits per heavy atom. The number of amides is 1. The van der Waals surface area contributed by atoms with Crippen molar-refractivity contribution in [2.75, 3.05) is 6.54 Å².